The van der Waals surface area contributed by atoms with Crippen molar-refractivity contribution in [3.05, 3.63) is 29.8 Å². The lowest BCUT2D eigenvalue weighted by Gasteiger charge is -2.22. The second-order valence-electron chi connectivity index (χ2n) is 4.72. The molecule has 0 fully saturated rings. The van der Waals surface area contributed by atoms with Crippen LogP contribution in [0.3, 0.4) is 0 Å². The van der Waals surface area contributed by atoms with E-state index in [1.54, 1.807) is 21.3 Å². The summed E-state index contributed by atoms with van der Waals surface area (Å²) in [6, 6.07) is 3.97. The number of hydrogen-bond acceptors (Lipinski definition) is 4. The second kappa shape index (κ2) is 7.80. The summed E-state index contributed by atoms with van der Waals surface area (Å²) in [5, 5.41) is 3.46. The highest BCUT2D eigenvalue weighted by Crippen LogP contribution is 2.38. The van der Waals surface area contributed by atoms with Crippen LogP contribution in [0.2, 0.25) is 0 Å². The van der Waals surface area contributed by atoms with Crippen molar-refractivity contribution in [3.8, 4) is 17.2 Å². The van der Waals surface area contributed by atoms with Gasteiger partial charge in [0.15, 0.2) is 11.5 Å². The number of nitrogens with one attached hydrogen (secondary N) is 1. The summed E-state index contributed by atoms with van der Waals surface area (Å²) in [4.78, 5) is 0. The van der Waals surface area contributed by atoms with Crippen molar-refractivity contribution in [2.75, 3.05) is 27.9 Å². The van der Waals surface area contributed by atoms with Crippen LogP contribution in [0.25, 0.3) is 0 Å². The first-order valence-electron chi connectivity index (χ1n) is 6.75. The van der Waals surface area contributed by atoms with Crippen LogP contribution in [-0.4, -0.2) is 27.9 Å². The number of rotatable bonds is 8. The maximum atomic E-state index is 5.49. The van der Waals surface area contributed by atoms with E-state index in [-0.39, 0.29) is 6.04 Å². The zero-order valence-corrected chi connectivity index (χ0v) is 13.1. The zero-order valence-electron chi connectivity index (χ0n) is 13.1. The molecule has 1 unspecified atom stereocenters. The number of hydrogen-bond donors (Lipinski definition) is 1. The van der Waals surface area contributed by atoms with Gasteiger partial charge in [0, 0.05) is 17.7 Å². The van der Waals surface area contributed by atoms with Crippen molar-refractivity contribution in [1.82, 2.24) is 5.32 Å². The van der Waals surface area contributed by atoms with E-state index in [4.69, 9.17) is 14.2 Å². The van der Waals surface area contributed by atoms with Crippen molar-refractivity contribution in [2.45, 2.75) is 26.3 Å². The van der Waals surface area contributed by atoms with Gasteiger partial charge in [-0.25, -0.2) is 0 Å². The van der Waals surface area contributed by atoms with Gasteiger partial charge in [0.25, 0.3) is 0 Å². The Hall–Kier alpha value is -1.68. The highest BCUT2D eigenvalue weighted by molar-refractivity contribution is 5.52. The third kappa shape index (κ3) is 3.90. The molecule has 0 saturated heterocycles. The Morgan fingerprint density at radius 3 is 2.10 bits per heavy atom. The molecule has 112 valence electrons. The van der Waals surface area contributed by atoms with E-state index in [9.17, 15) is 0 Å². The summed E-state index contributed by atoms with van der Waals surface area (Å²) in [5.74, 6) is 2.15. The molecule has 0 aromatic heterocycles. The first-order chi connectivity index (χ1) is 9.57. The summed E-state index contributed by atoms with van der Waals surface area (Å²) >= 11 is 0. The first kappa shape index (κ1) is 16.4. The third-order valence-corrected chi connectivity index (χ3v) is 3.11. The van der Waals surface area contributed by atoms with Gasteiger partial charge in [0.2, 0.25) is 0 Å². The van der Waals surface area contributed by atoms with Gasteiger partial charge < -0.3 is 19.5 Å². The highest BCUT2D eigenvalue weighted by atomic mass is 16.5. The molecule has 0 heterocycles. The van der Waals surface area contributed by atoms with E-state index in [2.05, 4.69) is 18.8 Å². The molecule has 1 aromatic carbocycles. The van der Waals surface area contributed by atoms with Gasteiger partial charge >= 0.3 is 0 Å². The van der Waals surface area contributed by atoms with Gasteiger partial charge in [-0.1, -0.05) is 12.5 Å². The largest absolute Gasteiger partial charge is 0.496 e. The monoisotopic (exact) mass is 279 g/mol. The van der Waals surface area contributed by atoms with Gasteiger partial charge in [-0.2, -0.15) is 0 Å². The molecule has 0 aliphatic heterocycles. The standard InChI is InChI=1S/C16H25NO3/c1-7-17-13(8-11(2)3)12-9-15(19-5)16(20-6)10-14(12)18-4/h9-10,13,17H,2,7-8H2,1,3-6H3. The Bertz CT molecular complexity index is 457. The minimum atomic E-state index is 0.146. The Labute approximate surface area is 121 Å². The molecule has 0 spiro atoms. The fourth-order valence-corrected chi connectivity index (χ4v) is 2.21. The van der Waals surface area contributed by atoms with Crippen LogP contribution in [0.4, 0.5) is 0 Å². The maximum absolute atomic E-state index is 5.49. The lowest BCUT2D eigenvalue weighted by Crippen LogP contribution is -2.21. The van der Waals surface area contributed by atoms with E-state index in [1.165, 1.54) is 0 Å². The summed E-state index contributed by atoms with van der Waals surface area (Å²) in [7, 11) is 4.91. The smallest absolute Gasteiger partial charge is 0.164 e. The predicted octanol–water partition coefficient (Wildman–Crippen LogP) is 3.33. The van der Waals surface area contributed by atoms with Gasteiger partial charge in [-0.05, 0) is 26.0 Å². The lowest BCUT2D eigenvalue weighted by atomic mass is 9.98. The molecule has 1 N–H and O–H groups in total. The van der Waals surface area contributed by atoms with Crippen LogP contribution >= 0.6 is 0 Å². The molecule has 4 heteroatoms. The first-order valence-corrected chi connectivity index (χ1v) is 6.75. The van der Waals surface area contributed by atoms with Crippen molar-refractivity contribution in [3.63, 3.8) is 0 Å². The van der Waals surface area contributed by atoms with E-state index >= 15 is 0 Å². The van der Waals surface area contributed by atoms with Crippen molar-refractivity contribution in [2.24, 2.45) is 0 Å². The predicted molar refractivity (Wildman–Crippen MR) is 81.9 cm³/mol. The molecule has 0 radical (unpaired) electrons. The molecule has 4 nitrogen and oxygen atoms in total. The van der Waals surface area contributed by atoms with Crippen LogP contribution in [0.5, 0.6) is 17.2 Å². The summed E-state index contributed by atoms with van der Waals surface area (Å²) < 4.78 is 16.2. The molecule has 1 atom stereocenters. The van der Waals surface area contributed by atoms with E-state index in [0.717, 1.165) is 29.9 Å². The molecule has 1 aromatic rings. The Kier molecular flexibility index (Phi) is 6.39. The molecule has 0 aliphatic carbocycles. The summed E-state index contributed by atoms with van der Waals surface area (Å²) in [5.41, 5.74) is 2.17. The van der Waals surface area contributed by atoms with E-state index in [1.807, 2.05) is 19.1 Å². The lowest BCUT2D eigenvalue weighted by molar-refractivity contribution is 0.345. The zero-order chi connectivity index (χ0) is 15.1. The minimum absolute atomic E-state index is 0.146. The molecule has 0 aliphatic rings. The Morgan fingerprint density at radius 1 is 1.10 bits per heavy atom. The van der Waals surface area contributed by atoms with Crippen molar-refractivity contribution < 1.29 is 14.2 Å². The van der Waals surface area contributed by atoms with Gasteiger partial charge in [0.05, 0.1) is 21.3 Å². The van der Waals surface area contributed by atoms with Gasteiger partial charge in [0.1, 0.15) is 5.75 Å². The molecule has 20 heavy (non-hydrogen) atoms. The van der Waals surface area contributed by atoms with Gasteiger partial charge in [-0.3, -0.25) is 0 Å². The number of ether oxygens (including phenoxy) is 3. The fraction of sp³-hybridized carbons (Fsp3) is 0.500. The summed E-state index contributed by atoms with van der Waals surface area (Å²) in [6.45, 7) is 8.98. The maximum Gasteiger partial charge on any atom is 0.164 e. The topological polar surface area (TPSA) is 39.7 Å². The SMILES string of the molecule is C=C(C)CC(NCC)c1cc(OC)c(OC)cc1OC. The van der Waals surface area contributed by atoms with Crippen LogP contribution in [-0.2, 0) is 0 Å². The minimum Gasteiger partial charge on any atom is -0.496 e. The Morgan fingerprint density at radius 2 is 1.65 bits per heavy atom. The number of methoxy groups -OCH3 is 3. The molecular weight excluding hydrogens is 254 g/mol. The van der Waals surface area contributed by atoms with E-state index in [0.29, 0.717) is 11.5 Å². The van der Waals surface area contributed by atoms with Crippen molar-refractivity contribution >= 4 is 0 Å². The molecule has 0 bridgehead atoms. The average Bonchev–Trinajstić information content (AvgIpc) is 2.44. The van der Waals surface area contributed by atoms with Crippen LogP contribution < -0.4 is 19.5 Å². The molecule has 1 rings (SSSR count). The van der Waals surface area contributed by atoms with E-state index < -0.39 is 0 Å². The van der Waals surface area contributed by atoms with Gasteiger partial charge in [-0.15, -0.1) is 6.58 Å². The highest BCUT2D eigenvalue weighted by Gasteiger charge is 2.19. The van der Waals surface area contributed by atoms with Crippen molar-refractivity contribution in [1.29, 1.82) is 0 Å². The average molecular weight is 279 g/mol. The fourth-order valence-electron chi connectivity index (χ4n) is 2.21. The van der Waals surface area contributed by atoms with Crippen LogP contribution in [0.15, 0.2) is 24.3 Å². The normalized spacial score (nSPS) is 11.8. The third-order valence-electron chi connectivity index (χ3n) is 3.11. The Balaban J connectivity index is 3.27. The molecule has 0 amide bonds. The quantitative estimate of drug-likeness (QED) is 0.741. The molecule has 0 saturated carbocycles. The number of benzene rings is 1. The van der Waals surface area contributed by atoms with Crippen LogP contribution in [0.1, 0.15) is 31.9 Å². The second-order valence-corrected chi connectivity index (χ2v) is 4.72. The summed E-state index contributed by atoms with van der Waals surface area (Å²) in [6.07, 6.45) is 0.847. The molecular formula is C16H25NO3. The van der Waals surface area contributed by atoms with Crippen LogP contribution in [0, 0.1) is 0 Å².